The highest BCUT2D eigenvalue weighted by molar-refractivity contribution is 7.99. The number of non-ortho nitro benzene ring substituents is 1. The van der Waals surface area contributed by atoms with Gasteiger partial charge >= 0.3 is 0 Å². The molecule has 0 fully saturated rings. The number of amides is 2. The van der Waals surface area contributed by atoms with E-state index in [0.717, 1.165) is 11.8 Å². The number of aromatic nitrogens is 3. The quantitative estimate of drug-likeness (QED) is 0.276. The van der Waals surface area contributed by atoms with E-state index in [0.29, 0.717) is 34.5 Å². The van der Waals surface area contributed by atoms with Crippen LogP contribution in [0.1, 0.15) is 18.3 Å². The molecule has 33 heavy (non-hydrogen) atoms. The largest absolute Gasteiger partial charge is 0.326 e. The number of halogens is 1. The second-order valence-electron chi connectivity index (χ2n) is 6.97. The number of nitro benzene ring substituents is 1. The third-order valence-electron chi connectivity index (χ3n) is 4.59. The third-order valence-corrected chi connectivity index (χ3v) is 5.56. The summed E-state index contributed by atoms with van der Waals surface area (Å²) in [5, 5.41) is 24.9. The number of carbonyl (C=O) groups is 2. The molecule has 3 rings (SSSR count). The predicted octanol–water partition coefficient (Wildman–Crippen LogP) is 3.57. The van der Waals surface area contributed by atoms with Gasteiger partial charge in [-0.05, 0) is 43.7 Å². The summed E-state index contributed by atoms with van der Waals surface area (Å²) in [7, 11) is 0. The highest BCUT2D eigenvalue weighted by atomic mass is 32.2. The molecule has 0 aliphatic carbocycles. The normalized spacial score (nSPS) is 10.6. The predicted molar refractivity (Wildman–Crippen MR) is 122 cm³/mol. The van der Waals surface area contributed by atoms with Crippen molar-refractivity contribution in [2.75, 3.05) is 16.4 Å². The number of hydrogen-bond donors (Lipinski definition) is 2. The van der Waals surface area contributed by atoms with Crippen molar-refractivity contribution >= 4 is 40.6 Å². The smallest absolute Gasteiger partial charge is 0.271 e. The van der Waals surface area contributed by atoms with Crippen molar-refractivity contribution in [2.45, 2.75) is 32.0 Å². The maximum Gasteiger partial charge on any atom is 0.271 e. The summed E-state index contributed by atoms with van der Waals surface area (Å²) in [6.07, 6.45) is -0.0438. The minimum atomic E-state index is -0.526. The molecule has 0 aliphatic heterocycles. The van der Waals surface area contributed by atoms with E-state index in [2.05, 4.69) is 20.8 Å². The van der Waals surface area contributed by atoms with Crippen molar-refractivity contribution in [3.63, 3.8) is 0 Å². The Kier molecular flexibility index (Phi) is 7.72. The van der Waals surface area contributed by atoms with Crippen LogP contribution in [-0.4, -0.2) is 37.3 Å². The molecule has 1 heterocycles. The molecule has 0 saturated heterocycles. The molecule has 2 aromatic carbocycles. The third kappa shape index (κ3) is 6.35. The Morgan fingerprint density at radius 2 is 1.85 bits per heavy atom. The minimum Gasteiger partial charge on any atom is -0.326 e. The van der Waals surface area contributed by atoms with Gasteiger partial charge in [-0.1, -0.05) is 17.8 Å². The van der Waals surface area contributed by atoms with Gasteiger partial charge in [0.05, 0.1) is 22.8 Å². The molecule has 3 aromatic rings. The van der Waals surface area contributed by atoms with Crippen LogP contribution in [0.2, 0.25) is 0 Å². The molecule has 1 aromatic heterocycles. The molecule has 2 N–H and O–H groups in total. The molecule has 0 radical (unpaired) electrons. The number of nitrogens with one attached hydrogen (secondary N) is 2. The van der Waals surface area contributed by atoms with Gasteiger partial charge in [0.1, 0.15) is 11.6 Å². The van der Waals surface area contributed by atoms with E-state index < -0.39 is 10.7 Å². The Bertz CT molecular complexity index is 1180. The lowest BCUT2D eigenvalue weighted by Crippen LogP contribution is -2.18. The van der Waals surface area contributed by atoms with Crippen LogP contribution in [0.3, 0.4) is 0 Å². The van der Waals surface area contributed by atoms with Crippen LogP contribution in [0.15, 0.2) is 47.6 Å². The SMILES string of the molecule is CCn1c(CC(=O)Nc2ccc(F)cc2)nnc1SCC(=O)Nc1cc([N+](=O)[O-])ccc1C. The average molecular weight is 473 g/mol. The summed E-state index contributed by atoms with van der Waals surface area (Å²) in [6.45, 7) is 4.09. The molecule has 10 nitrogen and oxygen atoms in total. The van der Waals surface area contributed by atoms with Crippen molar-refractivity contribution in [3.8, 4) is 0 Å². The Labute approximate surface area is 192 Å². The number of anilines is 2. The molecule has 0 spiro atoms. The van der Waals surface area contributed by atoms with Gasteiger partial charge in [-0.15, -0.1) is 10.2 Å². The molecule has 172 valence electrons. The molecular formula is C21H21FN6O4S. The van der Waals surface area contributed by atoms with Crippen LogP contribution in [-0.2, 0) is 22.6 Å². The standard InChI is InChI=1S/C21H21FN6O4S/c1-3-27-18(11-19(29)23-15-7-5-14(22)6-8-15)25-26-21(27)33-12-20(30)24-17-10-16(28(31)32)9-4-13(17)2/h4-10H,3,11-12H2,1-2H3,(H,23,29)(H,24,30). The van der Waals surface area contributed by atoms with Gasteiger partial charge in [-0.25, -0.2) is 4.39 Å². The molecule has 12 heteroatoms. The van der Waals surface area contributed by atoms with Crippen molar-refractivity contribution in [1.29, 1.82) is 0 Å². The summed E-state index contributed by atoms with van der Waals surface area (Å²) in [4.78, 5) is 35.1. The number of benzene rings is 2. The molecule has 0 atom stereocenters. The van der Waals surface area contributed by atoms with E-state index in [-0.39, 0.29) is 29.7 Å². The molecular weight excluding hydrogens is 451 g/mol. The Balaban J connectivity index is 1.60. The number of aryl methyl sites for hydroxylation is 1. The summed E-state index contributed by atoms with van der Waals surface area (Å²) in [6, 6.07) is 9.67. The van der Waals surface area contributed by atoms with Gasteiger partial charge in [-0.2, -0.15) is 0 Å². The Morgan fingerprint density at radius 1 is 1.12 bits per heavy atom. The first-order chi connectivity index (χ1) is 15.8. The van der Waals surface area contributed by atoms with Crippen LogP contribution in [0.25, 0.3) is 0 Å². The first-order valence-electron chi connectivity index (χ1n) is 9.92. The van der Waals surface area contributed by atoms with Crippen molar-refractivity contribution in [3.05, 3.63) is 69.8 Å². The zero-order chi connectivity index (χ0) is 24.0. The van der Waals surface area contributed by atoms with Crippen LogP contribution < -0.4 is 10.6 Å². The van der Waals surface area contributed by atoms with Gasteiger partial charge in [0.2, 0.25) is 11.8 Å². The molecule has 0 aliphatic rings. The lowest BCUT2D eigenvalue weighted by Gasteiger charge is -2.09. The fraction of sp³-hybridized carbons (Fsp3) is 0.238. The highest BCUT2D eigenvalue weighted by Gasteiger charge is 2.17. The van der Waals surface area contributed by atoms with E-state index in [1.54, 1.807) is 17.6 Å². The monoisotopic (exact) mass is 472 g/mol. The zero-order valence-corrected chi connectivity index (χ0v) is 18.7. The summed E-state index contributed by atoms with van der Waals surface area (Å²) in [5.74, 6) is -0.661. The van der Waals surface area contributed by atoms with Crippen LogP contribution in [0.5, 0.6) is 0 Å². The number of carbonyl (C=O) groups excluding carboxylic acids is 2. The van der Waals surface area contributed by atoms with Crippen molar-refractivity contribution in [2.24, 2.45) is 0 Å². The van der Waals surface area contributed by atoms with Crippen molar-refractivity contribution in [1.82, 2.24) is 14.8 Å². The first-order valence-corrected chi connectivity index (χ1v) is 10.9. The van der Waals surface area contributed by atoms with Gasteiger partial charge in [0.25, 0.3) is 5.69 Å². The topological polar surface area (TPSA) is 132 Å². The number of nitrogens with zero attached hydrogens (tertiary/aromatic N) is 4. The van der Waals surface area contributed by atoms with E-state index in [9.17, 15) is 24.1 Å². The van der Waals surface area contributed by atoms with Crippen molar-refractivity contribution < 1.29 is 18.9 Å². The number of rotatable bonds is 9. The fourth-order valence-electron chi connectivity index (χ4n) is 2.93. The minimum absolute atomic E-state index is 0.00202. The van der Waals surface area contributed by atoms with Gasteiger partial charge in [0.15, 0.2) is 5.16 Å². The zero-order valence-electron chi connectivity index (χ0n) is 17.9. The summed E-state index contributed by atoms with van der Waals surface area (Å²) < 4.78 is 14.7. The lowest BCUT2D eigenvalue weighted by atomic mass is 10.2. The van der Waals surface area contributed by atoms with E-state index >= 15 is 0 Å². The van der Waals surface area contributed by atoms with Crippen LogP contribution >= 0.6 is 11.8 Å². The maximum atomic E-state index is 13.0. The lowest BCUT2D eigenvalue weighted by molar-refractivity contribution is -0.384. The maximum absolute atomic E-state index is 13.0. The molecule has 0 bridgehead atoms. The molecule has 0 unspecified atom stereocenters. The average Bonchev–Trinajstić information content (AvgIpc) is 3.16. The highest BCUT2D eigenvalue weighted by Crippen LogP contribution is 2.23. The molecule has 0 saturated carbocycles. The van der Waals surface area contributed by atoms with E-state index in [4.69, 9.17) is 0 Å². The molecule has 2 amide bonds. The second kappa shape index (κ2) is 10.7. The second-order valence-corrected chi connectivity index (χ2v) is 7.91. The van der Waals surface area contributed by atoms with Crippen LogP contribution in [0.4, 0.5) is 21.5 Å². The Morgan fingerprint density at radius 3 is 2.52 bits per heavy atom. The van der Waals surface area contributed by atoms with Gasteiger partial charge in [-0.3, -0.25) is 19.7 Å². The number of thioether (sulfide) groups is 1. The van der Waals surface area contributed by atoms with Gasteiger partial charge in [0, 0.05) is 24.4 Å². The van der Waals surface area contributed by atoms with E-state index in [1.165, 1.54) is 36.4 Å². The summed E-state index contributed by atoms with van der Waals surface area (Å²) >= 11 is 1.14. The van der Waals surface area contributed by atoms with Gasteiger partial charge < -0.3 is 15.2 Å². The van der Waals surface area contributed by atoms with E-state index in [1.807, 2.05) is 6.92 Å². The first kappa shape index (κ1) is 23.9. The number of nitro groups is 1. The Hall–Kier alpha value is -3.80. The van der Waals surface area contributed by atoms with Crippen LogP contribution in [0, 0.1) is 22.9 Å². The number of hydrogen-bond acceptors (Lipinski definition) is 7. The fourth-order valence-corrected chi connectivity index (χ4v) is 3.75. The summed E-state index contributed by atoms with van der Waals surface area (Å²) in [5.41, 5.74) is 1.42.